The van der Waals surface area contributed by atoms with Gasteiger partial charge in [-0.25, -0.2) is 4.39 Å². The van der Waals surface area contributed by atoms with E-state index in [2.05, 4.69) is 19.2 Å². The fourth-order valence-electron chi connectivity index (χ4n) is 1.67. The van der Waals surface area contributed by atoms with Crippen molar-refractivity contribution in [2.45, 2.75) is 32.2 Å². The fourth-order valence-corrected chi connectivity index (χ4v) is 1.80. The van der Waals surface area contributed by atoms with E-state index in [1.807, 2.05) is 12.1 Å². The highest BCUT2D eigenvalue weighted by Crippen LogP contribution is 2.13. The zero-order valence-electron chi connectivity index (χ0n) is 9.89. The van der Waals surface area contributed by atoms with Gasteiger partial charge in [-0.1, -0.05) is 12.1 Å². The summed E-state index contributed by atoms with van der Waals surface area (Å²) in [5.74, 6) is 0.497. The minimum atomic E-state index is -0.184. The van der Waals surface area contributed by atoms with Gasteiger partial charge in [-0.15, -0.1) is 11.6 Å². The van der Waals surface area contributed by atoms with Crippen LogP contribution in [-0.4, -0.2) is 18.0 Å². The van der Waals surface area contributed by atoms with E-state index in [0.717, 1.165) is 24.9 Å². The SMILES string of the molecule is CC(C)(Cc1ccc(F)cc1)NCCCCl. The Morgan fingerprint density at radius 1 is 1.25 bits per heavy atom. The van der Waals surface area contributed by atoms with Gasteiger partial charge in [0.2, 0.25) is 0 Å². The summed E-state index contributed by atoms with van der Waals surface area (Å²) in [5.41, 5.74) is 1.16. The van der Waals surface area contributed by atoms with Crippen LogP contribution < -0.4 is 5.32 Å². The Morgan fingerprint density at radius 3 is 2.44 bits per heavy atom. The third-order valence-electron chi connectivity index (χ3n) is 2.47. The topological polar surface area (TPSA) is 12.0 Å². The number of halogens is 2. The molecule has 0 amide bonds. The van der Waals surface area contributed by atoms with Gasteiger partial charge in [0.1, 0.15) is 5.82 Å². The van der Waals surface area contributed by atoms with Gasteiger partial charge < -0.3 is 5.32 Å². The molecule has 0 unspecified atom stereocenters. The maximum atomic E-state index is 12.7. The Balaban J connectivity index is 2.48. The van der Waals surface area contributed by atoms with Crippen molar-refractivity contribution in [3.63, 3.8) is 0 Å². The molecular weight excluding hydrogens is 225 g/mol. The Morgan fingerprint density at radius 2 is 1.88 bits per heavy atom. The van der Waals surface area contributed by atoms with Gasteiger partial charge in [-0.05, 0) is 50.9 Å². The Hall–Kier alpha value is -0.600. The van der Waals surface area contributed by atoms with Crippen LogP contribution in [-0.2, 0) is 6.42 Å². The number of nitrogens with one attached hydrogen (secondary N) is 1. The molecule has 0 radical (unpaired) electrons. The van der Waals surface area contributed by atoms with E-state index in [-0.39, 0.29) is 11.4 Å². The first-order valence-corrected chi connectivity index (χ1v) is 6.12. The van der Waals surface area contributed by atoms with Gasteiger partial charge in [0.15, 0.2) is 0 Å². The highest BCUT2D eigenvalue weighted by Gasteiger charge is 2.16. The molecule has 0 saturated carbocycles. The van der Waals surface area contributed by atoms with Gasteiger partial charge in [0, 0.05) is 11.4 Å². The summed E-state index contributed by atoms with van der Waals surface area (Å²) in [4.78, 5) is 0. The highest BCUT2D eigenvalue weighted by atomic mass is 35.5. The molecule has 0 aliphatic heterocycles. The molecule has 0 heterocycles. The smallest absolute Gasteiger partial charge is 0.123 e. The largest absolute Gasteiger partial charge is 0.311 e. The van der Waals surface area contributed by atoms with Crippen molar-refractivity contribution in [3.05, 3.63) is 35.6 Å². The summed E-state index contributed by atoms with van der Waals surface area (Å²) >= 11 is 5.63. The van der Waals surface area contributed by atoms with Crippen LogP contribution in [0.5, 0.6) is 0 Å². The zero-order chi connectivity index (χ0) is 12.0. The number of rotatable bonds is 6. The van der Waals surface area contributed by atoms with Crippen LogP contribution in [0.3, 0.4) is 0 Å². The maximum absolute atomic E-state index is 12.7. The van der Waals surface area contributed by atoms with E-state index >= 15 is 0 Å². The molecule has 0 aliphatic rings. The number of hydrogen-bond acceptors (Lipinski definition) is 1. The molecule has 1 nitrogen and oxygen atoms in total. The van der Waals surface area contributed by atoms with Crippen molar-refractivity contribution in [2.24, 2.45) is 0 Å². The Kier molecular flexibility index (Phi) is 5.23. The Bertz CT molecular complexity index is 308. The van der Waals surface area contributed by atoms with E-state index < -0.39 is 0 Å². The molecule has 0 fully saturated rings. The van der Waals surface area contributed by atoms with Gasteiger partial charge >= 0.3 is 0 Å². The average Bonchev–Trinajstić information content (AvgIpc) is 2.21. The molecule has 0 aromatic heterocycles. The fraction of sp³-hybridized carbons (Fsp3) is 0.538. The van der Waals surface area contributed by atoms with Gasteiger partial charge in [-0.2, -0.15) is 0 Å². The van der Waals surface area contributed by atoms with Crippen LogP contribution in [0.25, 0.3) is 0 Å². The van der Waals surface area contributed by atoms with Crippen LogP contribution >= 0.6 is 11.6 Å². The minimum absolute atomic E-state index is 0.0177. The third-order valence-corrected chi connectivity index (χ3v) is 2.74. The van der Waals surface area contributed by atoms with E-state index in [1.54, 1.807) is 0 Å². The molecule has 16 heavy (non-hydrogen) atoms. The third kappa shape index (κ3) is 4.95. The number of benzene rings is 1. The van der Waals surface area contributed by atoms with Crippen LogP contribution in [0, 0.1) is 5.82 Å². The van der Waals surface area contributed by atoms with Gasteiger partial charge in [0.05, 0.1) is 0 Å². The van der Waals surface area contributed by atoms with E-state index in [4.69, 9.17) is 11.6 Å². The first-order chi connectivity index (χ1) is 7.53. The lowest BCUT2D eigenvalue weighted by Crippen LogP contribution is -2.41. The van der Waals surface area contributed by atoms with Crippen molar-refractivity contribution < 1.29 is 4.39 Å². The summed E-state index contributed by atoms with van der Waals surface area (Å²) in [5, 5.41) is 3.44. The molecule has 1 aromatic carbocycles. The standard InChI is InChI=1S/C13H19ClFN/c1-13(2,16-9-3-8-14)10-11-4-6-12(15)7-5-11/h4-7,16H,3,8-10H2,1-2H3. The predicted octanol–water partition coefficient (Wildman–Crippen LogP) is 3.37. The molecule has 1 N–H and O–H groups in total. The normalized spacial score (nSPS) is 11.8. The quantitative estimate of drug-likeness (QED) is 0.597. The van der Waals surface area contributed by atoms with Crippen molar-refractivity contribution in [2.75, 3.05) is 12.4 Å². The van der Waals surface area contributed by atoms with E-state index in [9.17, 15) is 4.39 Å². The highest BCUT2D eigenvalue weighted by molar-refractivity contribution is 6.17. The molecule has 0 aliphatic carbocycles. The zero-order valence-corrected chi connectivity index (χ0v) is 10.6. The summed E-state index contributed by atoms with van der Waals surface area (Å²) in [6, 6.07) is 6.68. The molecule has 90 valence electrons. The summed E-state index contributed by atoms with van der Waals surface area (Å²) in [6.07, 6.45) is 1.85. The second kappa shape index (κ2) is 6.21. The second-order valence-electron chi connectivity index (χ2n) is 4.66. The monoisotopic (exact) mass is 243 g/mol. The Labute approximate surface area is 102 Å². The predicted molar refractivity (Wildman–Crippen MR) is 67.5 cm³/mol. The van der Waals surface area contributed by atoms with E-state index in [0.29, 0.717) is 5.88 Å². The molecule has 1 aromatic rings. The molecule has 1 rings (SSSR count). The average molecular weight is 244 g/mol. The number of hydrogen-bond donors (Lipinski definition) is 1. The first-order valence-electron chi connectivity index (χ1n) is 5.59. The lowest BCUT2D eigenvalue weighted by Gasteiger charge is -2.26. The lowest BCUT2D eigenvalue weighted by molar-refractivity contribution is 0.387. The molecule has 3 heteroatoms. The van der Waals surface area contributed by atoms with Crippen molar-refractivity contribution >= 4 is 11.6 Å². The van der Waals surface area contributed by atoms with Gasteiger partial charge in [0.25, 0.3) is 0 Å². The van der Waals surface area contributed by atoms with E-state index in [1.165, 1.54) is 12.1 Å². The summed E-state index contributed by atoms with van der Waals surface area (Å²) in [6.45, 7) is 5.20. The van der Waals surface area contributed by atoms with Gasteiger partial charge in [-0.3, -0.25) is 0 Å². The molecular formula is C13H19ClFN. The minimum Gasteiger partial charge on any atom is -0.311 e. The molecule has 0 spiro atoms. The molecule has 0 bridgehead atoms. The second-order valence-corrected chi connectivity index (χ2v) is 5.03. The van der Waals surface area contributed by atoms with Crippen molar-refractivity contribution in [1.82, 2.24) is 5.32 Å². The van der Waals surface area contributed by atoms with Crippen molar-refractivity contribution in [1.29, 1.82) is 0 Å². The van der Waals surface area contributed by atoms with Crippen LogP contribution in [0.15, 0.2) is 24.3 Å². The molecule has 0 saturated heterocycles. The van der Waals surface area contributed by atoms with Crippen LogP contribution in [0.4, 0.5) is 4.39 Å². The maximum Gasteiger partial charge on any atom is 0.123 e. The summed E-state index contributed by atoms with van der Waals surface area (Å²) < 4.78 is 12.7. The van der Waals surface area contributed by atoms with Crippen molar-refractivity contribution in [3.8, 4) is 0 Å². The first kappa shape index (κ1) is 13.5. The van der Waals surface area contributed by atoms with Crippen LogP contribution in [0.2, 0.25) is 0 Å². The lowest BCUT2D eigenvalue weighted by atomic mass is 9.95. The van der Waals surface area contributed by atoms with Crippen LogP contribution in [0.1, 0.15) is 25.8 Å². The molecule has 0 atom stereocenters. The number of alkyl halides is 1. The summed E-state index contributed by atoms with van der Waals surface area (Å²) in [7, 11) is 0.